The molecule has 1 saturated carbocycles. The Morgan fingerprint density at radius 1 is 1.41 bits per heavy atom. The topological polar surface area (TPSA) is 67.8 Å². The van der Waals surface area contributed by atoms with E-state index in [0.29, 0.717) is 0 Å². The highest BCUT2D eigenvalue weighted by molar-refractivity contribution is 5.85. The van der Waals surface area contributed by atoms with Crippen molar-refractivity contribution in [2.45, 2.75) is 18.9 Å². The predicted octanol–water partition coefficient (Wildman–Crippen LogP) is 0.981. The Bertz CT molecular complexity index is 690. The van der Waals surface area contributed by atoms with Crippen molar-refractivity contribution in [3.63, 3.8) is 0 Å². The Balaban J connectivity index is 0.00000108. The third kappa shape index (κ3) is 1.84. The van der Waals surface area contributed by atoms with Crippen LogP contribution in [0.2, 0.25) is 0 Å². The van der Waals surface area contributed by atoms with Crippen LogP contribution in [0.25, 0.3) is 11.0 Å². The molecule has 0 radical (unpaired) electrons. The summed E-state index contributed by atoms with van der Waals surface area (Å²) < 4.78 is 14.4. The van der Waals surface area contributed by atoms with E-state index in [1.54, 1.807) is 0 Å². The zero-order chi connectivity index (χ0) is 11.3. The lowest BCUT2D eigenvalue weighted by Gasteiger charge is -2.06. The second kappa shape index (κ2) is 3.96. The first kappa shape index (κ1) is 11.8. The summed E-state index contributed by atoms with van der Waals surface area (Å²) in [6.07, 6.45) is 2.79. The van der Waals surface area contributed by atoms with Crippen LogP contribution >= 0.6 is 12.4 Å². The number of halogens is 2. The van der Waals surface area contributed by atoms with Crippen molar-refractivity contribution in [2.75, 3.05) is 0 Å². The van der Waals surface area contributed by atoms with Gasteiger partial charge in [0.05, 0.1) is 11.6 Å². The van der Waals surface area contributed by atoms with Gasteiger partial charge in [-0.15, -0.1) is 12.4 Å². The predicted molar refractivity (Wildman–Crippen MR) is 62.1 cm³/mol. The van der Waals surface area contributed by atoms with E-state index >= 15 is 0 Å². The molecular formula is C10H9ClFN3O2. The summed E-state index contributed by atoms with van der Waals surface area (Å²) in [7, 11) is 0. The van der Waals surface area contributed by atoms with Gasteiger partial charge in [0.2, 0.25) is 0 Å². The highest BCUT2D eigenvalue weighted by Gasteiger charge is 2.27. The molecule has 1 fully saturated rings. The molecule has 0 aliphatic heterocycles. The Labute approximate surface area is 101 Å². The molecule has 2 aromatic rings. The average Bonchev–Trinajstić information content (AvgIpc) is 3.03. The van der Waals surface area contributed by atoms with E-state index in [4.69, 9.17) is 0 Å². The van der Waals surface area contributed by atoms with E-state index in [9.17, 15) is 14.0 Å². The molecule has 0 atom stereocenters. The minimum absolute atomic E-state index is 0. The number of aromatic nitrogens is 3. The first-order chi connectivity index (χ1) is 7.66. The van der Waals surface area contributed by atoms with E-state index in [1.165, 1.54) is 4.57 Å². The van der Waals surface area contributed by atoms with Gasteiger partial charge in [0.25, 0.3) is 5.56 Å². The fourth-order valence-corrected chi connectivity index (χ4v) is 1.78. The minimum Gasteiger partial charge on any atom is -0.274 e. The van der Waals surface area contributed by atoms with Gasteiger partial charge in [0.15, 0.2) is 0 Å². The van der Waals surface area contributed by atoms with E-state index in [1.807, 2.05) is 0 Å². The number of nitrogens with zero attached hydrogens (tertiary/aromatic N) is 2. The second-order valence-electron chi connectivity index (χ2n) is 3.89. The molecule has 17 heavy (non-hydrogen) atoms. The first-order valence-corrected chi connectivity index (χ1v) is 4.97. The van der Waals surface area contributed by atoms with E-state index in [0.717, 1.165) is 25.1 Å². The van der Waals surface area contributed by atoms with Crippen LogP contribution in [-0.2, 0) is 0 Å². The summed E-state index contributed by atoms with van der Waals surface area (Å²) in [5.41, 5.74) is -0.805. The van der Waals surface area contributed by atoms with Crippen LogP contribution in [0.3, 0.4) is 0 Å². The second-order valence-corrected chi connectivity index (χ2v) is 3.89. The number of H-pyrrole nitrogens is 1. The molecule has 7 heteroatoms. The standard InChI is InChI=1S/C10H8FN3O2.ClH/c11-5-3-7-8(12-4-5)14(6-1-2-6)10(16)13-9(7)15;/h3-4,6H,1-2H2,(H,13,15,16);1H. The van der Waals surface area contributed by atoms with Gasteiger partial charge in [-0.2, -0.15) is 0 Å². The SMILES string of the molecule is Cl.O=c1[nH]c(=O)n(C2CC2)c2ncc(F)cc12. The van der Waals surface area contributed by atoms with Crippen molar-refractivity contribution in [3.8, 4) is 0 Å². The molecule has 5 nitrogen and oxygen atoms in total. The van der Waals surface area contributed by atoms with Gasteiger partial charge in [-0.05, 0) is 18.9 Å². The number of rotatable bonds is 1. The largest absolute Gasteiger partial charge is 0.330 e. The molecule has 0 aromatic carbocycles. The fourth-order valence-electron chi connectivity index (χ4n) is 1.78. The van der Waals surface area contributed by atoms with Crippen LogP contribution in [0.4, 0.5) is 4.39 Å². The molecular weight excluding hydrogens is 249 g/mol. The van der Waals surface area contributed by atoms with Gasteiger partial charge in [-0.1, -0.05) is 0 Å². The Hall–Kier alpha value is -1.69. The summed E-state index contributed by atoms with van der Waals surface area (Å²) in [4.78, 5) is 29.1. The van der Waals surface area contributed by atoms with Crippen molar-refractivity contribution < 1.29 is 4.39 Å². The maximum atomic E-state index is 13.0. The zero-order valence-electron chi connectivity index (χ0n) is 8.64. The molecule has 3 rings (SSSR count). The van der Waals surface area contributed by atoms with Crippen molar-refractivity contribution in [2.24, 2.45) is 0 Å². The lowest BCUT2D eigenvalue weighted by molar-refractivity contribution is 0.620. The van der Waals surface area contributed by atoms with Crippen LogP contribution in [0.5, 0.6) is 0 Å². The van der Waals surface area contributed by atoms with Crippen molar-refractivity contribution in [1.29, 1.82) is 0 Å². The molecule has 90 valence electrons. The first-order valence-electron chi connectivity index (χ1n) is 4.97. The Morgan fingerprint density at radius 3 is 2.76 bits per heavy atom. The molecule has 0 unspecified atom stereocenters. The number of fused-ring (bicyclic) bond motifs is 1. The molecule has 2 heterocycles. The van der Waals surface area contributed by atoms with Crippen LogP contribution in [-0.4, -0.2) is 14.5 Å². The Morgan fingerprint density at radius 2 is 2.12 bits per heavy atom. The van der Waals surface area contributed by atoms with Crippen LogP contribution < -0.4 is 11.2 Å². The molecule has 0 bridgehead atoms. The van der Waals surface area contributed by atoms with Gasteiger partial charge in [-0.25, -0.2) is 14.2 Å². The molecule has 0 amide bonds. The third-order valence-corrected chi connectivity index (χ3v) is 2.66. The normalized spacial score (nSPS) is 14.6. The molecule has 1 aliphatic carbocycles. The van der Waals surface area contributed by atoms with Crippen molar-refractivity contribution in [1.82, 2.24) is 14.5 Å². The quantitative estimate of drug-likeness (QED) is 0.828. The smallest absolute Gasteiger partial charge is 0.274 e. The highest BCUT2D eigenvalue weighted by Crippen LogP contribution is 2.34. The highest BCUT2D eigenvalue weighted by atomic mass is 35.5. The van der Waals surface area contributed by atoms with Gasteiger partial charge >= 0.3 is 5.69 Å². The monoisotopic (exact) mass is 257 g/mol. The summed E-state index contributed by atoms with van der Waals surface area (Å²) >= 11 is 0. The van der Waals surface area contributed by atoms with E-state index < -0.39 is 17.1 Å². The maximum absolute atomic E-state index is 13.0. The summed E-state index contributed by atoms with van der Waals surface area (Å²) in [5, 5.41) is 0.117. The Kier molecular flexibility index (Phi) is 2.74. The third-order valence-electron chi connectivity index (χ3n) is 2.66. The lowest BCUT2D eigenvalue weighted by atomic mass is 10.3. The molecule has 1 N–H and O–H groups in total. The number of aromatic amines is 1. The van der Waals surface area contributed by atoms with E-state index in [2.05, 4.69) is 9.97 Å². The van der Waals surface area contributed by atoms with Gasteiger partial charge < -0.3 is 0 Å². The summed E-state index contributed by atoms with van der Waals surface area (Å²) in [6, 6.07) is 1.18. The summed E-state index contributed by atoms with van der Waals surface area (Å²) in [6.45, 7) is 0. The molecule has 1 aliphatic rings. The van der Waals surface area contributed by atoms with Gasteiger partial charge in [-0.3, -0.25) is 14.3 Å². The summed E-state index contributed by atoms with van der Waals surface area (Å²) in [5.74, 6) is -0.584. The molecule has 0 spiro atoms. The molecule has 2 aromatic heterocycles. The zero-order valence-corrected chi connectivity index (χ0v) is 9.46. The van der Waals surface area contributed by atoms with Crippen molar-refractivity contribution >= 4 is 23.4 Å². The number of hydrogen-bond acceptors (Lipinski definition) is 3. The number of pyridine rings is 1. The average molecular weight is 258 g/mol. The lowest BCUT2D eigenvalue weighted by Crippen LogP contribution is -2.30. The molecule has 0 saturated heterocycles. The van der Waals surface area contributed by atoms with Gasteiger partial charge in [0.1, 0.15) is 11.5 Å². The fraction of sp³-hybridized carbons (Fsp3) is 0.300. The minimum atomic E-state index is -0.594. The van der Waals surface area contributed by atoms with E-state index in [-0.39, 0.29) is 29.5 Å². The van der Waals surface area contributed by atoms with Crippen LogP contribution in [0.1, 0.15) is 18.9 Å². The number of nitrogens with one attached hydrogen (secondary N) is 1. The van der Waals surface area contributed by atoms with Crippen molar-refractivity contribution in [3.05, 3.63) is 38.9 Å². The van der Waals surface area contributed by atoms with Gasteiger partial charge in [0, 0.05) is 6.04 Å². The maximum Gasteiger partial charge on any atom is 0.330 e. The van der Waals surface area contributed by atoms with Crippen LogP contribution in [0.15, 0.2) is 21.9 Å². The van der Waals surface area contributed by atoms with Crippen LogP contribution in [0, 0.1) is 5.82 Å². The number of hydrogen-bond donors (Lipinski definition) is 1.